The third-order valence-electron chi connectivity index (χ3n) is 3.46. The van der Waals surface area contributed by atoms with Gasteiger partial charge in [-0.25, -0.2) is 4.39 Å². The molecule has 1 saturated carbocycles. The molecule has 2 amide bonds. The maximum Gasteiger partial charge on any atom is 0.419 e. The van der Waals surface area contributed by atoms with Crippen LogP contribution in [0.1, 0.15) is 18.4 Å². The first kappa shape index (κ1) is 18.0. The second-order valence-corrected chi connectivity index (χ2v) is 5.64. The zero-order chi connectivity index (χ0) is 17.9. The quantitative estimate of drug-likeness (QED) is 0.774. The van der Waals surface area contributed by atoms with Crippen molar-refractivity contribution in [3.05, 3.63) is 29.6 Å². The SMILES string of the molecule is CN(CC(=O)NC1CC1)C(=O)CNc1ccc(F)c(C(F)(F)F)c1. The number of nitrogens with zero attached hydrogens (tertiary/aromatic N) is 1. The van der Waals surface area contributed by atoms with Gasteiger partial charge in [-0.05, 0) is 31.0 Å². The predicted molar refractivity (Wildman–Crippen MR) is 78.7 cm³/mol. The fourth-order valence-electron chi connectivity index (χ4n) is 1.97. The number of halogens is 4. The lowest BCUT2D eigenvalue weighted by Gasteiger charge is -2.18. The van der Waals surface area contributed by atoms with E-state index in [0.717, 1.165) is 18.9 Å². The summed E-state index contributed by atoms with van der Waals surface area (Å²) >= 11 is 0. The molecule has 5 nitrogen and oxygen atoms in total. The molecule has 0 bridgehead atoms. The van der Waals surface area contributed by atoms with Crippen LogP contribution in [0, 0.1) is 5.82 Å². The van der Waals surface area contributed by atoms with Gasteiger partial charge in [0.05, 0.1) is 18.7 Å². The number of carbonyl (C=O) groups is 2. The Morgan fingerprint density at radius 1 is 1.29 bits per heavy atom. The molecule has 0 spiro atoms. The first-order valence-corrected chi connectivity index (χ1v) is 7.31. The summed E-state index contributed by atoms with van der Waals surface area (Å²) in [6, 6.07) is 2.57. The monoisotopic (exact) mass is 347 g/mol. The minimum Gasteiger partial charge on any atom is -0.376 e. The highest BCUT2D eigenvalue weighted by Gasteiger charge is 2.34. The van der Waals surface area contributed by atoms with Crippen LogP contribution in [-0.2, 0) is 15.8 Å². The largest absolute Gasteiger partial charge is 0.419 e. The molecule has 1 aliphatic carbocycles. The maximum atomic E-state index is 13.2. The Labute approximate surface area is 136 Å². The van der Waals surface area contributed by atoms with Crippen molar-refractivity contribution in [2.24, 2.45) is 0 Å². The molecular formula is C15H17F4N3O2. The molecule has 132 valence electrons. The van der Waals surface area contributed by atoms with Crippen LogP contribution in [0.3, 0.4) is 0 Å². The Morgan fingerprint density at radius 3 is 2.54 bits per heavy atom. The molecule has 0 aliphatic heterocycles. The number of alkyl halides is 3. The van der Waals surface area contributed by atoms with Crippen molar-refractivity contribution in [2.45, 2.75) is 25.1 Å². The van der Waals surface area contributed by atoms with E-state index in [2.05, 4.69) is 10.6 Å². The summed E-state index contributed by atoms with van der Waals surface area (Å²) in [7, 11) is 1.42. The van der Waals surface area contributed by atoms with E-state index in [4.69, 9.17) is 0 Å². The average Bonchev–Trinajstić information content (AvgIpc) is 3.28. The molecule has 1 aliphatic rings. The van der Waals surface area contributed by atoms with Crippen molar-refractivity contribution >= 4 is 17.5 Å². The molecule has 2 rings (SSSR count). The number of likely N-dealkylation sites (N-methyl/N-ethyl adjacent to an activating group) is 1. The highest BCUT2D eigenvalue weighted by atomic mass is 19.4. The maximum absolute atomic E-state index is 13.2. The van der Waals surface area contributed by atoms with Gasteiger partial charge in [-0.3, -0.25) is 9.59 Å². The van der Waals surface area contributed by atoms with Gasteiger partial charge in [0.25, 0.3) is 0 Å². The molecule has 0 heterocycles. The molecule has 0 atom stereocenters. The minimum atomic E-state index is -4.82. The van der Waals surface area contributed by atoms with E-state index in [1.54, 1.807) is 0 Å². The smallest absolute Gasteiger partial charge is 0.376 e. The lowest BCUT2D eigenvalue weighted by molar-refractivity contribution is -0.140. The number of carbonyl (C=O) groups excluding carboxylic acids is 2. The zero-order valence-electron chi connectivity index (χ0n) is 12.9. The van der Waals surface area contributed by atoms with Crippen LogP contribution >= 0.6 is 0 Å². The van der Waals surface area contributed by atoms with E-state index in [-0.39, 0.29) is 30.7 Å². The summed E-state index contributed by atoms with van der Waals surface area (Å²) in [6.07, 6.45) is -2.96. The molecule has 0 saturated heterocycles. The van der Waals surface area contributed by atoms with Crippen LogP contribution in [-0.4, -0.2) is 42.9 Å². The number of rotatable bonds is 6. The molecule has 0 unspecified atom stereocenters. The van der Waals surface area contributed by atoms with Crippen LogP contribution in [0.4, 0.5) is 23.2 Å². The molecule has 1 aromatic carbocycles. The molecule has 0 radical (unpaired) electrons. The fourth-order valence-corrected chi connectivity index (χ4v) is 1.97. The Morgan fingerprint density at radius 2 is 1.96 bits per heavy atom. The van der Waals surface area contributed by atoms with Gasteiger partial charge in [0.15, 0.2) is 0 Å². The topological polar surface area (TPSA) is 61.4 Å². The van der Waals surface area contributed by atoms with Crippen LogP contribution in [0.15, 0.2) is 18.2 Å². The van der Waals surface area contributed by atoms with E-state index in [9.17, 15) is 27.2 Å². The Balaban J connectivity index is 1.87. The first-order valence-electron chi connectivity index (χ1n) is 7.31. The van der Waals surface area contributed by atoms with Crippen molar-refractivity contribution in [1.82, 2.24) is 10.2 Å². The molecule has 1 fully saturated rings. The van der Waals surface area contributed by atoms with E-state index < -0.39 is 23.5 Å². The third kappa shape index (κ3) is 5.10. The normalized spacial score (nSPS) is 14.2. The second kappa shape index (κ2) is 7.06. The number of anilines is 1. The van der Waals surface area contributed by atoms with Crippen molar-refractivity contribution in [2.75, 3.05) is 25.5 Å². The molecule has 9 heteroatoms. The first-order chi connectivity index (χ1) is 11.2. The summed E-state index contributed by atoms with van der Waals surface area (Å²) in [4.78, 5) is 24.6. The van der Waals surface area contributed by atoms with Gasteiger partial charge < -0.3 is 15.5 Å². The zero-order valence-corrected chi connectivity index (χ0v) is 12.9. The average molecular weight is 347 g/mol. The fraction of sp³-hybridized carbons (Fsp3) is 0.467. The summed E-state index contributed by atoms with van der Waals surface area (Å²) in [5.41, 5.74) is -1.44. The van der Waals surface area contributed by atoms with Gasteiger partial charge in [0.1, 0.15) is 5.82 Å². The number of hydrogen-bond acceptors (Lipinski definition) is 3. The summed E-state index contributed by atoms with van der Waals surface area (Å²) < 4.78 is 51.0. The van der Waals surface area contributed by atoms with Crippen LogP contribution in [0.2, 0.25) is 0 Å². The van der Waals surface area contributed by atoms with Gasteiger partial charge in [0, 0.05) is 18.8 Å². The summed E-state index contributed by atoms with van der Waals surface area (Å²) in [5.74, 6) is -2.14. The number of nitrogens with one attached hydrogen (secondary N) is 2. The third-order valence-corrected chi connectivity index (χ3v) is 3.46. The summed E-state index contributed by atoms with van der Waals surface area (Å²) in [6.45, 7) is -0.440. The van der Waals surface area contributed by atoms with Gasteiger partial charge >= 0.3 is 6.18 Å². The van der Waals surface area contributed by atoms with E-state index in [1.165, 1.54) is 11.9 Å². The van der Waals surface area contributed by atoms with Crippen molar-refractivity contribution in [1.29, 1.82) is 0 Å². The molecular weight excluding hydrogens is 330 g/mol. The number of amides is 2. The Hall–Kier alpha value is -2.32. The standard InChI is InChI=1S/C15H17F4N3O2/c1-22(8-13(23)21-9-2-3-9)14(24)7-20-10-4-5-12(16)11(6-10)15(17,18)19/h4-6,9,20H,2-3,7-8H2,1H3,(H,21,23). The Bertz CT molecular complexity index is 630. The Kier molecular flexibility index (Phi) is 5.30. The van der Waals surface area contributed by atoms with Crippen molar-refractivity contribution in [3.63, 3.8) is 0 Å². The van der Waals surface area contributed by atoms with Crippen LogP contribution in [0.25, 0.3) is 0 Å². The van der Waals surface area contributed by atoms with Crippen LogP contribution < -0.4 is 10.6 Å². The van der Waals surface area contributed by atoms with Gasteiger partial charge in [-0.15, -0.1) is 0 Å². The minimum absolute atomic E-state index is 0.0343. The highest BCUT2D eigenvalue weighted by molar-refractivity contribution is 5.86. The van der Waals surface area contributed by atoms with Gasteiger partial charge in [-0.1, -0.05) is 0 Å². The second-order valence-electron chi connectivity index (χ2n) is 5.64. The number of benzene rings is 1. The number of hydrogen-bond donors (Lipinski definition) is 2. The highest BCUT2D eigenvalue weighted by Crippen LogP contribution is 2.32. The van der Waals surface area contributed by atoms with E-state index >= 15 is 0 Å². The molecule has 1 aromatic rings. The van der Waals surface area contributed by atoms with E-state index in [0.29, 0.717) is 12.1 Å². The van der Waals surface area contributed by atoms with Gasteiger partial charge in [-0.2, -0.15) is 13.2 Å². The van der Waals surface area contributed by atoms with Gasteiger partial charge in [0.2, 0.25) is 11.8 Å². The van der Waals surface area contributed by atoms with Crippen molar-refractivity contribution < 1.29 is 27.2 Å². The predicted octanol–water partition coefficient (Wildman–Crippen LogP) is 1.99. The van der Waals surface area contributed by atoms with Crippen molar-refractivity contribution in [3.8, 4) is 0 Å². The molecule has 0 aromatic heterocycles. The lowest BCUT2D eigenvalue weighted by Crippen LogP contribution is -2.41. The van der Waals surface area contributed by atoms with E-state index in [1.807, 2.05) is 0 Å². The molecule has 2 N–H and O–H groups in total. The summed E-state index contributed by atoms with van der Waals surface area (Å²) in [5, 5.41) is 5.23. The lowest BCUT2D eigenvalue weighted by atomic mass is 10.2. The van der Waals surface area contributed by atoms with Crippen LogP contribution in [0.5, 0.6) is 0 Å². The molecule has 24 heavy (non-hydrogen) atoms.